The third kappa shape index (κ3) is 2.75. The Morgan fingerprint density at radius 2 is 1.96 bits per heavy atom. The monoisotopic (exact) mass is 366 g/mol. The van der Waals surface area contributed by atoms with Crippen LogP contribution in [0.2, 0.25) is 0 Å². The summed E-state index contributed by atoms with van der Waals surface area (Å²) in [6.45, 7) is 2.00. The van der Waals surface area contributed by atoms with Gasteiger partial charge in [0.1, 0.15) is 5.75 Å². The van der Waals surface area contributed by atoms with Crippen LogP contribution in [0.3, 0.4) is 0 Å². The number of rotatable bonds is 3. The smallest absolute Gasteiger partial charge is 0.407 e. The van der Waals surface area contributed by atoms with Crippen molar-refractivity contribution >= 4 is 11.8 Å². The topological polar surface area (TPSA) is 89.8 Å². The van der Waals surface area contributed by atoms with Crippen LogP contribution in [0.15, 0.2) is 42.7 Å². The first-order valence-corrected chi connectivity index (χ1v) is 8.96. The number of carboxylic acid groups (broad SMARTS) is 1. The minimum Gasteiger partial charge on any atom is -0.495 e. The van der Waals surface area contributed by atoms with Gasteiger partial charge in [0, 0.05) is 49.9 Å². The third-order valence-electron chi connectivity index (χ3n) is 5.66. The molecule has 7 heteroatoms. The van der Waals surface area contributed by atoms with Crippen molar-refractivity contribution in [1.82, 2.24) is 14.8 Å². The fourth-order valence-electron chi connectivity index (χ4n) is 4.24. The fourth-order valence-corrected chi connectivity index (χ4v) is 4.24. The van der Waals surface area contributed by atoms with E-state index in [0.717, 1.165) is 16.7 Å². The number of nitrogens with zero attached hydrogens (tertiary/aromatic N) is 3. The second kappa shape index (κ2) is 6.66. The van der Waals surface area contributed by atoms with Crippen LogP contribution in [-0.2, 0) is 12.0 Å². The predicted octanol–water partition coefficient (Wildman–Crippen LogP) is 2.21. The average Bonchev–Trinajstić information content (AvgIpc) is 3.02. The second-order valence-electron chi connectivity index (χ2n) is 6.94. The summed E-state index contributed by atoms with van der Waals surface area (Å²) in [6, 6.07) is 9.94. The molecule has 2 N–H and O–H groups in total. The Bertz CT molecular complexity index is 892. The molecule has 1 aliphatic heterocycles. The van der Waals surface area contributed by atoms with Crippen LogP contribution in [0.25, 0.3) is 0 Å². The molecule has 2 aromatic rings. The molecule has 0 radical (unpaired) electrons. The van der Waals surface area contributed by atoms with Gasteiger partial charge in [-0.1, -0.05) is 24.3 Å². The number of pyridine rings is 1. The van der Waals surface area contributed by atoms with E-state index in [1.54, 1.807) is 19.5 Å². The van der Waals surface area contributed by atoms with Crippen LogP contribution >= 0.6 is 0 Å². The van der Waals surface area contributed by atoms with Gasteiger partial charge in [-0.2, -0.15) is 0 Å². The summed E-state index contributed by atoms with van der Waals surface area (Å²) in [6.07, 6.45) is 3.23. The maximum absolute atomic E-state index is 11.3. The molecule has 1 aliphatic carbocycles. The normalized spacial score (nSPS) is 22.6. The van der Waals surface area contributed by atoms with E-state index in [-0.39, 0.29) is 0 Å². The van der Waals surface area contributed by atoms with Gasteiger partial charge in [-0.05, 0) is 11.6 Å². The van der Waals surface area contributed by atoms with Gasteiger partial charge >= 0.3 is 6.09 Å². The highest BCUT2D eigenvalue weighted by Crippen LogP contribution is 2.43. The lowest BCUT2D eigenvalue weighted by Gasteiger charge is -2.45. The van der Waals surface area contributed by atoms with Gasteiger partial charge in [-0.3, -0.25) is 9.88 Å². The molecule has 0 spiro atoms. The van der Waals surface area contributed by atoms with Gasteiger partial charge < -0.3 is 20.2 Å². The van der Waals surface area contributed by atoms with Crippen molar-refractivity contribution in [3.63, 3.8) is 0 Å². The van der Waals surface area contributed by atoms with Crippen molar-refractivity contribution in [2.75, 3.05) is 33.3 Å². The number of carbonyl (C=O) groups is 1. The lowest BCUT2D eigenvalue weighted by molar-refractivity contribution is 0.0655. The molecule has 2 heterocycles. The number of fused-ring (bicyclic) bond motifs is 1. The molecule has 27 heavy (non-hydrogen) atoms. The van der Waals surface area contributed by atoms with Gasteiger partial charge in [0.25, 0.3) is 0 Å². The van der Waals surface area contributed by atoms with Gasteiger partial charge in [0.05, 0.1) is 24.6 Å². The number of piperazine rings is 1. The molecule has 1 unspecified atom stereocenters. The molecule has 1 fully saturated rings. The Morgan fingerprint density at radius 3 is 2.63 bits per heavy atom. The molecule has 1 aromatic heterocycles. The highest BCUT2D eigenvalue weighted by Gasteiger charge is 2.49. The molecule has 2 aliphatic rings. The largest absolute Gasteiger partial charge is 0.495 e. The molecule has 4 rings (SSSR count). The molecule has 1 aromatic carbocycles. The molecule has 140 valence electrons. The minimum atomic E-state index is -0.892. The highest BCUT2D eigenvalue weighted by molar-refractivity contribution is 6.09. The maximum Gasteiger partial charge on any atom is 0.407 e. The van der Waals surface area contributed by atoms with Crippen LogP contribution < -0.4 is 4.74 Å². The van der Waals surface area contributed by atoms with Crippen molar-refractivity contribution in [3.8, 4) is 5.75 Å². The Labute approximate surface area is 157 Å². The zero-order valence-corrected chi connectivity index (χ0v) is 15.2. The SMILES string of the molecule is COc1cncc(C2(N3CCN(C(=O)O)CC3)Cc3ccccc3C2=N)c1. The zero-order valence-electron chi connectivity index (χ0n) is 15.2. The number of hydrogen-bond acceptors (Lipinski definition) is 5. The summed E-state index contributed by atoms with van der Waals surface area (Å²) in [5.74, 6) is 0.653. The number of aromatic nitrogens is 1. The molecule has 1 saturated heterocycles. The Hall–Kier alpha value is -2.93. The van der Waals surface area contributed by atoms with E-state index in [9.17, 15) is 9.90 Å². The summed E-state index contributed by atoms with van der Waals surface area (Å²) in [4.78, 5) is 19.3. The number of nitrogens with one attached hydrogen (secondary N) is 1. The van der Waals surface area contributed by atoms with Crippen molar-refractivity contribution in [3.05, 3.63) is 59.4 Å². The molecular weight excluding hydrogens is 344 g/mol. The van der Waals surface area contributed by atoms with E-state index in [1.165, 1.54) is 4.90 Å². The van der Waals surface area contributed by atoms with Crippen molar-refractivity contribution in [2.24, 2.45) is 0 Å². The van der Waals surface area contributed by atoms with Crippen molar-refractivity contribution in [2.45, 2.75) is 12.0 Å². The van der Waals surface area contributed by atoms with Crippen molar-refractivity contribution < 1.29 is 14.6 Å². The molecule has 0 saturated carbocycles. The fraction of sp³-hybridized carbons (Fsp3) is 0.350. The first-order chi connectivity index (χ1) is 13.1. The first-order valence-electron chi connectivity index (χ1n) is 8.96. The standard InChI is InChI=1S/C20H22N4O3/c1-27-16-10-15(12-22-13-16)20(24-8-6-23(7-9-24)19(25)26)11-14-4-2-3-5-17(14)18(20)21/h2-5,10,12-13,21H,6-9,11H2,1H3,(H,25,26). The first kappa shape index (κ1) is 17.5. The van der Waals surface area contributed by atoms with Crippen LogP contribution in [0.5, 0.6) is 5.75 Å². The van der Waals surface area contributed by atoms with E-state index >= 15 is 0 Å². The van der Waals surface area contributed by atoms with Crippen LogP contribution in [0, 0.1) is 5.41 Å². The highest BCUT2D eigenvalue weighted by atomic mass is 16.5. The van der Waals surface area contributed by atoms with Crippen molar-refractivity contribution in [1.29, 1.82) is 5.41 Å². The zero-order chi connectivity index (χ0) is 19.0. The van der Waals surface area contributed by atoms with E-state index in [0.29, 0.717) is 44.1 Å². The Balaban J connectivity index is 1.78. The van der Waals surface area contributed by atoms with Gasteiger partial charge in [0.2, 0.25) is 0 Å². The number of hydrogen-bond donors (Lipinski definition) is 2. The molecule has 1 atom stereocenters. The maximum atomic E-state index is 11.3. The lowest BCUT2D eigenvalue weighted by Crippen LogP contribution is -2.58. The third-order valence-corrected chi connectivity index (χ3v) is 5.66. The van der Waals surface area contributed by atoms with Gasteiger partial charge in [-0.25, -0.2) is 4.79 Å². The van der Waals surface area contributed by atoms with Crippen LogP contribution in [0.1, 0.15) is 16.7 Å². The van der Waals surface area contributed by atoms with E-state index < -0.39 is 11.6 Å². The van der Waals surface area contributed by atoms with E-state index in [2.05, 4.69) is 16.0 Å². The van der Waals surface area contributed by atoms with Gasteiger partial charge in [-0.15, -0.1) is 0 Å². The number of methoxy groups -OCH3 is 1. The Morgan fingerprint density at radius 1 is 1.22 bits per heavy atom. The second-order valence-corrected chi connectivity index (χ2v) is 6.94. The molecular formula is C20H22N4O3. The quantitative estimate of drug-likeness (QED) is 0.869. The Kier molecular flexibility index (Phi) is 4.31. The van der Waals surface area contributed by atoms with Crippen LogP contribution in [-0.4, -0.2) is 65.0 Å². The summed E-state index contributed by atoms with van der Waals surface area (Å²) in [5.41, 5.74) is 2.87. The number of ether oxygens (including phenoxy) is 1. The average molecular weight is 366 g/mol. The van der Waals surface area contributed by atoms with Gasteiger partial charge in [0.15, 0.2) is 0 Å². The summed E-state index contributed by atoms with van der Waals surface area (Å²) < 4.78 is 5.37. The molecule has 0 bridgehead atoms. The number of amides is 1. The summed E-state index contributed by atoms with van der Waals surface area (Å²) in [5, 5.41) is 18.3. The number of benzene rings is 1. The summed E-state index contributed by atoms with van der Waals surface area (Å²) in [7, 11) is 1.60. The van der Waals surface area contributed by atoms with E-state index in [1.807, 2.05) is 24.3 Å². The van der Waals surface area contributed by atoms with Crippen LogP contribution in [0.4, 0.5) is 4.79 Å². The predicted molar refractivity (Wildman–Crippen MR) is 101 cm³/mol. The minimum absolute atomic E-state index is 0.429. The summed E-state index contributed by atoms with van der Waals surface area (Å²) >= 11 is 0. The molecule has 7 nitrogen and oxygen atoms in total. The molecule has 1 amide bonds. The van der Waals surface area contributed by atoms with E-state index in [4.69, 9.17) is 10.1 Å². The lowest BCUT2D eigenvalue weighted by atomic mass is 9.83.